The van der Waals surface area contributed by atoms with Crippen LogP contribution < -0.4 is 5.73 Å². The van der Waals surface area contributed by atoms with Gasteiger partial charge < -0.3 is 10.6 Å². The van der Waals surface area contributed by atoms with E-state index in [1.165, 1.54) is 6.42 Å². The first-order chi connectivity index (χ1) is 6.54. The maximum absolute atomic E-state index is 11.9. The first kappa shape index (κ1) is 11.7. The molecule has 0 saturated heterocycles. The summed E-state index contributed by atoms with van der Waals surface area (Å²) in [7, 11) is 3.97. The zero-order chi connectivity index (χ0) is 10.6. The molecule has 14 heavy (non-hydrogen) atoms. The third-order valence-electron chi connectivity index (χ3n) is 3.09. The Bertz CT molecular complexity index is 195. The fraction of sp³-hybridized carbons (Fsp3) is 0.909. The molecule has 0 heterocycles. The molecule has 0 aromatic heterocycles. The summed E-state index contributed by atoms with van der Waals surface area (Å²) >= 11 is 0. The number of ketones is 1. The third kappa shape index (κ3) is 3.07. The Morgan fingerprint density at radius 2 is 1.86 bits per heavy atom. The molecular formula is C11H22N2O. The molecule has 3 heteroatoms. The molecule has 0 amide bonds. The summed E-state index contributed by atoms with van der Waals surface area (Å²) in [5, 5.41) is 0. The Labute approximate surface area is 86.6 Å². The van der Waals surface area contributed by atoms with Crippen molar-refractivity contribution in [2.45, 2.75) is 44.1 Å². The number of rotatable bonds is 4. The largest absolute Gasteiger partial charge is 0.319 e. The van der Waals surface area contributed by atoms with Crippen LogP contribution in [0.5, 0.6) is 0 Å². The van der Waals surface area contributed by atoms with Gasteiger partial charge in [0.15, 0.2) is 5.78 Å². The van der Waals surface area contributed by atoms with Crippen LogP contribution >= 0.6 is 0 Å². The maximum atomic E-state index is 11.9. The maximum Gasteiger partial charge on any atom is 0.153 e. The van der Waals surface area contributed by atoms with Crippen molar-refractivity contribution in [1.29, 1.82) is 0 Å². The van der Waals surface area contributed by atoms with Gasteiger partial charge in [-0.15, -0.1) is 0 Å². The molecule has 3 nitrogen and oxygen atoms in total. The van der Waals surface area contributed by atoms with Crippen molar-refractivity contribution < 1.29 is 4.79 Å². The highest BCUT2D eigenvalue weighted by Crippen LogP contribution is 2.27. The number of nitrogens with zero attached hydrogens (tertiary/aromatic N) is 1. The van der Waals surface area contributed by atoms with Gasteiger partial charge in [0.1, 0.15) is 0 Å². The van der Waals surface area contributed by atoms with Crippen LogP contribution in [0.15, 0.2) is 0 Å². The van der Waals surface area contributed by atoms with E-state index in [9.17, 15) is 4.79 Å². The van der Waals surface area contributed by atoms with E-state index in [0.29, 0.717) is 6.42 Å². The lowest BCUT2D eigenvalue weighted by Crippen LogP contribution is -2.49. The summed E-state index contributed by atoms with van der Waals surface area (Å²) in [6.45, 7) is 0.817. The monoisotopic (exact) mass is 198 g/mol. The van der Waals surface area contributed by atoms with E-state index in [4.69, 9.17) is 5.73 Å². The van der Waals surface area contributed by atoms with Gasteiger partial charge >= 0.3 is 0 Å². The van der Waals surface area contributed by atoms with Crippen LogP contribution in [0.4, 0.5) is 0 Å². The van der Waals surface area contributed by atoms with E-state index in [0.717, 1.165) is 32.2 Å². The normalized spacial score (nSPS) is 21.1. The number of carbonyl (C=O) groups is 1. The zero-order valence-corrected chi connectivity index (χ0v) is 9.38. The first-order valence-electron chi connectivity index (χ1n) is 5.51. The standard InChI is InChI=1S/C11H22N2O/c1-13(2)9-6-10(14)11(12)7-4-3-5-8-11/h3-9,12H2,1-2H3. The average molecular weight is 198 g/mol. The van der Waals surface area contributed by atoms with Gasteiger partial charge in [0, 0.05) is 13.0 Å². The van der Waals surface area contributed by atoms with Gasteiger partial charge in [-0.25, -0.2) is 0 Å². The van der Waals surface area contributed by atoms with Crippen molar-refractivity contribution in [3.8, 4) is 0 Å². The molecule has 0 spiro atoms. The van der Waals surface area contributed by atoms with Gasteiger partial charge in [0.25, 0.3) is 0 Å². The van der Waals surface area contributed by atoms with E-state index >= 15 is 0 Å². The van der Waals surface area contributed by atoms with Gasteiger partial charge in [0.2, 0.25) is 0 Å². The Morgan fingerprint density at radius 3 is 2.36 bits per heavy atom. The summed E-state index contributed by atoms with van der Waals surface area (Å²) in [5.74, 6) is 0.255. The fourth-order valence-corrected chi connectivity index (χ4v) is 2.04. The molecule has 0 radical (unpaired) electrons. The highest BCUT2D eigenvalue weighted by Gasteiger charge is 2.34. The Morgan fingerprint density at radius 1 is 1.29 bits per heavy atom. The van der Waals surface area contributed by atoms with Crippen molar-refractivity contribution in [2.75, 3.05) is 20.6 Å². The molecule has 0 aliphatic heterocycles. The number of carbonyl (C=O) groups excluding carboxylic acids is 1. The second kappa shape index (κ2) is 4.89. The summed E-state index contributed by atoms with van der Waals surface area (Å²) in [5.41, 5.74) is 5.63. The lowest BCUT2D eigenvalue weighted by molar-refractivity contribution is -0.125. The van der Waals surface area contributed by atoms with Crippen molar-refractivity contribution in [3.63, 3.8) is 0 Å². The van der Waals surface area contributed by atoms with Gasteiger partial charge in [-0.2, -0.15) is 0 Å². The predicted octanol–water partition coefficient (Wildman–Crippen LogP) is 1.17. The minimum Gasteiger partial charge on any atom is -0.319 e. The van der Waals surface area contributed by atoms with Gasteiger partial charge in [0.05, 0.1) is 5.54 Å². The molecule has 0 unspecified atom stereocenters. The molecule has 0 aromatic carbocycles. The zero-order valence-electron chi connectivity index (χ0n) is 9.38. The second-order valence-electron chi connectivity index (χ2n) is 4.69. The molecule has 0 bridgehead atoms. The van der Waals surface area contributed by atoms with Crippen molar-refractivity contribution in [1.82, 2.24) is 4.90 Å². The number of Topliss-reactive ketones (excluding diaryl/α,β-unsaturated/α-hetero) is 1. The molecule has 1 aliphatic rings. The molecular weight excluding hydrogens is 176 g/mol. The lowest BCUT2D eigenvalue weighted by Gasteiger charge is -2.32. The number of nitrogens with two attached hydrogens (primary N) is 1. The third-order valence-corrected chi connectivity index (χ3v) is 3.09. The summed E-state index contributed by atoms with van der Waals surface area (Å²) in [6, 6.07) is 0. The van der Waals surface area contributed by atoms with Crippen LogP contribution in [0.3, 0.4) is 0 Å². The minimum absolute atomic E-state index is 0.255. The quantitative estimate of drug-likeness (QED) is 0.737. The number of hydrogen-bond donors (Lipinski definition) is 1. The van der Waals surface area contributed by atoms with Gasteiger partial charge in [-0.05, 0) is 26.9 Å². The smallest absolute Gasteiger partial charge is 0.153 e. The predicted molar refractivity (Wildman–Crippen MR) is 58.2 cm³/mol. The molecule has 0 aromatic rings. The molecule has 0 atom stereocenters. The highest BCUT2D eigenvalue weighted by atomic mass is 16.1. The van der Waals surface area contributed by atoms with Crippen LogP contribution in [-0.2, 0) is 4.79 Å². The second-order valence-corrected chi connectivity index (χ2v) is 4.69. The minimum atomic E-state index is -0.492. The summed E-state index contributed by atoms with van der Waals surface area (Å²) in [6.07, 6.45) is 5.84. The van der Waals surface area contributed by atoms with Crippen molar-refractivity contribution in [3.05, 3.63) is 0 Å². The van der Waals surface area contributed by atoms with Crippen LogP contribution in [0.25, 0.3) is 0 Å². The van der Waals surface area contributed by atoms with E-state index in [1.807, 2.05) is 19.0 Å². The van der Waals surface area contributed by atoms with Crippen LogP contribution in [0.1, 0.15) is 38.5 Å². The molecule has 2 N–H and O–H groups in total. The topological polar surface area (TPSA) is 46.3 Å². The van der Waals surface area contributed by atoms with Gasteiger partial charge in [-0.1, -0.05) is 19.3 Å². The summed E-state index contributed by atoms with van der Waals surface area (Å²) in [4.78, 5) is 13.9. The Hall–Kier alpha value is -0.410. The van der Waals surface area contributed by atoms with Gasteiger partial charge in [-0.3, -0.25) is 4.79 Å². The van der Waals surface area contributed by atoms with Crippen molar-refractivity contribution in [2.24, 2.45) is 5.73 Å². The highest BCUT2D eigenvalue weighted by molar-refractivity contribution is 5.88. The van der Waals surface area contributed by atoms with E-state index in [2.05, 4.69) is 0 Å². The number of hydrogen-bond acceptors (Lipinski definition) is 3. The van der Waals surface area contributed by atoms with Crippen LogP contribution in [0, 0.1) is 0 Å². The van der Waals surface area contributed by atoms with Crippen LogP contribution in [-0.4, -0.2) is 36.9 Å². The van der Waals surface area contributed by atoms with E-state index < -0.39 is 5.54 Å². The fourth-order valence-electron chi connectivity index (χ4n) is 2.04. The van der Waals surface area contributed by atoms with E-state index in [1.54, 1.807) is 0 Å². The molecule has 1 aliphatic carbocycles. The Kier molecular flexibility index (Phi) is 4.08. The molecule has 82 valence electrons. The molecule has 1 saturated carbocycles. The Balaban J connectivity index is 2.41. The summed E-state index contributed by atoms with van der Waals surface area (Å²) < 4.78 is 0. The average Bonchev–Trinajstić information content (AvgIpc) is 2.15. The SMILES string of the molecule is CN(C)CCC(=O)C1(N)CCCCC1. The van der Waals surface area contributed by atoms with E-state index in [-0.39, 0.29) is 5.78 Å². The molecule has 1 rings (SSSR count). The van der Waals surface area contributed by atoms with Crippen molar-refractivity contribution >= 4 is 5.78 Å². The lowest BCUT2D eigenvalue weighted by atomic mass is 9.78. The first-order valence-corrected chi connectivity index (χ1v) is 5.51. The molecule has 1 fully saturated rings. The van der Waals surface area contributed by atoms with Crippen LogP contribution in [0.2, 0.25) is 0 Å².